The summed E-state index contributed by atoms with van der Waals surface area (Å²) in [5, 5.41) is 6.30. The Labute approximate surface area is 139 Å². The first-order valence-electron chi connectivity index (χ1n) is 5.74. The van der Waals surface area contributed by atoms with Crippen LogP contribution in [-0.2, 0) is 6.54 Å². The minimum Gasteiger partial charge on any atom is -0.352 e. The molecule has 0 saturated carbocycles. The summed E-state index contributed by atoms with van der Waals surface area (Å²) in [5.74, 6) is 0.429. The van der Waals surface area contributed by atoms with Gasteiger partial charge < -0.3 is 10.6 Å². The fourth-order valence-corrected chi connectivity index (χ4v) is 1.80. The molecule has 0 aromatic heterocycles. The van der Waals surface area contributed by atoms with Crippen molar-refractivity contribution < 1.29 is 4.39 Å². The largest absolute Gasteiger partial charge is 0.352 e. The number of halogens is 3. The topological polar surface area (TPSA) is 36.4 Å². The molecule has 0 amide bonds. The summed E-state index contributed by atoms with van der Waals surface area (Å²) in [6.45, 7) is 6.51. The smallest absolute Gasteiger partial charge is 0.191 e. The molecule has 19 heavy (non-hydrogen) atoms. The minimum atomic E-state index is -0.225. The highest BCUT2D eigenvalue weighted by atomic mass is 127. The molecule has 0 saturated heterocycles. The summed E-state index contributed by atoms with van der Waals surface area (Å²) >= 11 is 3.33. The van der Waals surface area contributed by atoms with Crippen LogP contribution in [0.2, 0.25) is 0 Å². The van der Waals surface area contributed by atoms with E-state index in [1.807, 2.05) is 20.8 Å². The molecule has 3 nitrogen and oxygen atoms in total. The number of nitrogens with one attached hydrogen (secondary N) is 2. The van der Waals surface area contributed by atoms with Gasteiger partial charge in [-0.2, -0.15) is 0 Å². The van der Waals surface area contributed by atoms with Crippen molar-refractivity contribution in [2.75, 3.05) is 7.05 Å². The van der Waals surface area contributed by atoms with E-state index in [2.05, 4.69) is 31.6 Å². The SMILES string of the molecule is CN=C(NCc1cc(Br)ccc1F)NC(C)(C)C.I. The minimum absolute atomic E-state index is 0. The molecular formula is C13H20BrFIN3. The standard InChI is InChI=1S/C13H19BrFN3.HI/c1-13(2,3)18-12(16-4)17-8-9-7-10(14)5-6-11(9)15;/h5-7H,8H2,1-4H3,(H2,16,17,18);1H. The molecule has 0 bridgehead atoms. The zero-order valence-corrected chi connectivity index (χ0v) is 15.5. The van der Waals surface area contributed by atoms with Gasteiger partial charge in [0.25, 0.3) is 0 Å². The zero-order chi connectivity index (χ0) is 13.8. The van der Waals surface area contributed by atoms with Gasteiger partial charge >= 0.3 is 0 Å². The first-order chi connectivity index (χ1) is 8.31. The molecule has 1 aromatic rings. The van der Waals surface area contributed by atoms with Crippen LogP contribution in [-0.4, -0.2) is 18.5 Å². The highest BCUT2D eigenvalue weighted by molar-refractivity contribution is 14.0. The third kappa shape index (κ3) is 7.10. The second-order valence-electron chi connectivity index (χ2n) is 5.04. The number of hydrogen-bond donors (Lipinski definition) is 2. The van der Waals surface area contributed by atoms with Crippen LogP contribution >= 0.6 is 39.9 Å². The van der Waals surface area contributed by atoms with E-state index in [0.717, 1.165) is 4.47 Å². The van der Waals surface area contributed by atoms with E-state index in [-0.39, 0.29) is 35.3 Å². The molecule has 108 valence electrons. The lowest BCUT2D eigenvalue weighted by Gasteiger charge is -2.23. The molecule has 0 aliphatic rings. The molecule has 0 spiro atoms. The molecule has 0 fully saturated rings. The second kappa shape index (κ2) is 8.04. The average molecular weight is 444 g/mol. The Morgan fingerprint density at radius 1 is 1.37 bits per heavy atom. The highest BCUT2D eigenvalue weighted by Crippen LogP contribution is 2.15. The maximum Gasteiger partial charge on any atom is 0.191 e. The fraction of sp³-hybridized carbons (Fsp3) is 0.462. The van der Waals surface area contributed by atoms with Crippen molar-refractivity contribution in [1.29, 1.82) is 0 Å². The Hall–Kier alpha value is -0.370. The molecule has 0 radical (unpaired) electrons. The van der Waals surface area contributed by atoms with Crippen molar-refractivity contribution in [3.05, 3.63) is 34.1 Å². The highest BCUT2D eigenvalue weighted by Gasteiger charge is 2.12. The van der Waals surface area contributed by atoms with Crippen molar-refractivity contribution in [3.8, 4) is 0 Å². The van der Waals surface area contributed by atoms with Gasteiger partial charge in [0.15, 0.2) is 5.96 Å². The molecule has 2 N–H and O–H groups in total. The number of hydrogen-bond acceptors (Lipinski definition) is 1. The van der Waals surface area contributed by atoms with Crippen molar-refractivity contribution in [1.82, 2.24) is 10.6 Å². The third-order valence-electron chi connectivity index (χ3n) is 2.17. The van der Waals surface area contributed by atoms with Crippen LogP contribution in [0.1, 0.15) is 26.3 Å². The van der Waals surface area contributed by atoms with E-state index in [1.54, 1.807) is 19.2 Å². The first-order valence-corrected chi connectivity index (χ1v) is 6.54. The van der Waals surface area contributed by atoms with Gasteiger partial charge in [0.05, 0.1) is 0 Å². The number of aliphatic imine (C=N–C) groups is 1. The lowest BCUT2D eigenvalue weighted by molar-refractivity contribution is 0.500. The summed E-state index contributed by atoms with van der Waals surface area (Å²) in [6.07, 6.45) is 0. The monoisotopic (exact) mass is 443 g/mol. The second-order valence-corrected chi connectivity index (χ2v) is 5.95. The normalized spacial score (nSPS) is 11.8. The molecular weight excluding hydrogens is 424 g/mol. The van der Waals surface area contributed by atoms with Crippen molar-refractivity contribution in [2.45, 2.75) is 32.9 Å². The van der Waals surface area contributed by atoms with Crippen molar-refractivity contribution >= 4 is 45.9 Å². The lowest BCUT2D eigenvalue weighted by Crippen LogP contribution is -2.47. The van der Waals surface area contributed by atoms with Crippen LogP contribution in [0.5, 0.6) is 0 Å². The molecule has 0 unspecified atom stereocenters. The fourth-order valence-electron chi connectivity index (χ4n) is 1.39. The summed E-state index contributed by atoms with van der Waals surface area (Å²) in [6, 6.07) is 4.88. The van der Waals surface area contributed by atoms with E-state index < -0.39 is 0 Å². The number of guanidine groups is 1. The summed E-state index contributed by atoms with van der Waals surface area (Å²) in [4.78, 5) is 4.10. The van der Waals surface area contributed by atoms with Gasteiger partial charge in [-0.3, -0.25) is 4.99 Å². The maximum absolute atomic E-state index is 13.5. The van der Waals surface area contributed by atoms with Gasteiger partial charge in [0.1, 0.15) is 5.82 Å². The van der Waals surface area contributed by atoms with E-state index in [1.165, 1.54) is 6.07 Å². The van der Waals surface area contributed by atoms with E-state index in [4.69, 9.17) is 0 Å². The summed E-state index contributed by atoms with van der Waals surface area (Å²) in [7, 11) is 1.69. The van der Waals surface area contributed by atoms with Crippen LogP contribution in [0.25, 0.3) is 0 Å². The molecule has 1 aromatic carbocycles. The molecule has 1 rings (SSSR count). The summed E-state index contributed by atoms with van der Waals surface area (Å²) in [5.41, 5.74) is 0.513. The Morgan fingerprint density at radius 3 is 2.53 bits per heavy atom. The number of benzene rings is 1. The Morgan fingerprint density at radius 2 is 2.00 bits per heavy atom. The Balaban J connectivity index is 0.00000324. The van der Waals surface area contributed by atoms with E-state index >= 15 is 0 Å². The molecule has 0 aliphatic carbocycles. The van der Waals surface area contributed by atoms with E-state index in [9.17, 15) is 4.39 Å². The van der Waals surface area contributed by atoms with Crippen LogP contribution in [0.3, 0.4) is 0 Å². The molecule has 0 heterocycles. The van der Waals surface area contributed by atoms with Crippen molar-refractivity contribution in [3.63, 3.8) is 0 Å². The van der Waals surface area contributed by atoms with Crippen LogP contribution in [0.4, 0.5) is 4.39 Å². The third-order valence-corrected chi connectivity index (χ3v) is 2.66. The maximum atomic E-state index is 13.5. The predicted octanol–water partition coefficient (Wildman–Crippen LogP) is 3.67. The van der Waals surface area contributed by atoms with Crippen LogP contribution < -0.4 is 10.6 Å². The average Bonchev–Trinajstić information content (AvgIpc) is 2.27. The van der Waals surface area contributed by atoms with Gasteiger partial charge in [-0.05, 0) is 39.0 Å². The van der Waals surface area contributed by atoms with Gasteiger partial charge in [0, 0.05) is 29.2 Å². The number of nitrogens with zero attached hydrogens (tertiary/aromatic N) is 1. The molecule has 0 aliphatic heterocycles. The van der Waals surface area contributed by atoms with Gasteiger partial charge in [-0.1, -0.05) is 15.9 Å². The van der Waals surface area contributed by atoms with Crippen molar-refractivity contribution in [2.24, 2.45) is 4.99 Å². The van der Waals surface area contributed by atoms with Gasteiger partial charge in [-0.25, -0.2) is 4.39 Å². The lowest BCUT2D eigenvalue weighted by atomic mass is 10.1. The zero-order valence-electron chi connectivity index (χ0n) is 11.6. The molecule has 6 heteroatoms. The number of rotatable bonds is 2. The van der Waals surface area contributed by atoms with Crippen LogP contribution in [0, 0.1) is 5.82 Å². The summed E-state index contributed by atoms with van der Waals surface area (Å²) < 4.78 is 14.4. The van der Waals surface area contributed by atoms with Crippen LogP contribution in [0.15, 0.2) is 27.7 Å². The first kappa shape index (κ1) is 18.6. The molecule has 0 atom stereocenters. The quantitative estimate of drug-likeness (QED) is 0.415. The van der Waals surface area contributed by atoms with Gasteiger partial charge in [0.2, 0.25) is 0 Å². The Bertz CT molecular complexity index is 444. The Kier molecular flexibility index (Phi) is 7.88. The van der Waals surface area contributed by atoms with E-state index in [0.29, 0.717) is 18.1 Å². The predicted molar refractivity (Wildman–Crippen MR) is 92.6 cm³/mol. The van der Waals surface area contributed by atoms with Gasteiger partial charge in [-0.15, -0.1) is 24.0 Å².